The van der Waals surface area contributed by atoms with Gasteiger partial charge in [0, 0.05) is 19.0 Å². The van der Waals surface area contributed by atoms with Crippen LogP contribution in [-0.2, 0) is 14.8 Å². The number of hydrogen-bond acceptors (Lipinski definition) is 4. The molecule has 1 aliphatic rings. The first-order chi connectivity index (χ1) is 9.90. The van der Waals surface area contributed by atoms with Gasteiger partial charge in [-0.3, -0.25) is 9.10 Å². The first kappa shape index (κ1) is 15.3. The van der Waals surface area contributed by atoms with Crippen LogP contribution in [0.25, 0.3) is 0 Å². The van der Waals surface area contributed by atoms with E-state index < -0.39 is 10.0 Å². The third-order valence-electron chi connectivity index (χ3n) is 3.17. The normalized spacial score (nSPS) is 14.3. The predicted molar refractivity (Wildman–Crippen MR) is 79.1 cm³/mol. The Bertz CT molecular complexity index is 658. The predicted octanol–water partition coefficient (Wildman–Crippen LogP) is 0.993. The van der Waals surface area contributed by atoms with Crippen LogP contribution in [0.2, 0.25) is 0 Å². The third kappa shape index (κ3) is 4.46. The molecule has 1 fully saturated rings. The van der Waals surface area contributed by atoms with Crippen LogP contribution in [0.5, 0.6) is 0 Å². The monoisotopic (exact) mass is 307 g/mol. The zero-order valence-corrected chi connectivity index (χ0v) is 12.6. The SMILES string of the molecule is CS(=O)(=O)N(CCC(=O)NC1CC1)c1ccc(C#N)cc1. The van der Waals surface area contributed by atoms with Crippen LogP contribution >= 0.6 is 0 Å². The van der Waals surface area contributed by atoms with E-state index in [1.807, 2.05) is 6.07 Å². The molecule has 1 saturated carbocycles. The molecule has 1 amide bonds. The number of rotatable bonds is 6. The Morgan fingerprint density at radius 3 is 2.48 bits per heavy atom. The van der Waals surface area contributed by atoms with Crippen molar-refractivity contribution in [2.75, 3.05) is 17.1 Å². The average molecular weight is 307 g/mol. The Kier molecular flexibility index (Phi) is 4.48. The maximum absolute atomic E-state index is 11.9. The molecule has 0 heterocycles. The average Bonchev–Trinajstić information content (AvgIpc) is 3.22. The van der Waals surface area contributed by atoms with Gasteiger partial charge in [0.05, 0.1) is 23.6 Å². The van der Waals surface area contributed by atoms with Crippen molar-refractivity contribution in [2.45, 2.75) is 25.3 Å². The molecule has 0 bridgehead atoms. The van der Waals surface area contributed by atoms with Gasteiger partial charge in [0.15, 0.2) is 0 Å². The van der Waals surface area contributed by atoms with Crippen molar-refractivity contribution in [1.82, 2.24) is 5.32 Å². The fraction of sp³-hybridized carbons (Fsp3) is 0.429. The van der Waals surface area contributed by atoms with E-state index in [4.69, 9.17) is 5.26 Å². The summed E-state index contributed by atoms with van der Waals surface area (Å²) in [5.41, 5.74) is 0.911. The van der Waals surface area contributed by atoms with Gasteiger partial charge in [-0.25, -0.2) is 8.42 Å². The van der Waals surface area contributed by atoms with Crippen LogP contribution in [-0.4, -0.2) is 33.2 Å². The Balaban J connectivity index is 2.06. The number of carbonyl (C=O) groups excluding carboxylic acids is 1. The van der Waals surface area contributed by atoms with E-state index in [2.05, 4.69) is 5.32 Å². The molecule has 0 aliphatic heterocycles. The van der Waals surface area contributed by atoms with Crippen molar-refractivity contribution in [3.63, 3.8) is 0 Å². The molecule has 1 aromatic rings. The Labute approximate surface area is 124 Å². The molecule has 6 nitrogen and oxygen atoms in total. The van der Waals surface area contributed by atoms with E-state index in [1.54, 1.807) is 24.3 Å². The third-order valence-corrected chi connectivity index (χ3v) is 4.36. The first-order valence-corrected chi connectivity index (χ1v) is 8.52. The number of hydrogen-bond donors (Lipinski definition) is 1. The number of sulfonamides is 1. The van der Waals surface area contributed by atoms with E-state index in [1.165, 1.54) is 4.31 Å². The van der Waals surface area contributed by atoms with Crippen LogP contribution in [0, 0.1) is 11.3 Å². The fourth-order valence-electron chi connectivity index (χ4n) is 1.92. The minimum atomic E-state index is -3.48. The minimum absolute atomic E-state index is 0.0866. The highest BCUT2D eigenvalue weighted by Gasteiger charge is 2.24. The topological polar surface area (TPSA) is 90.3 Å². The molecule has 7 heteroatoms. The Hall–Kier alpha value is -2.07. The summed E-state index contributed by atoms with van der Waals surface area (Å²) in [7, 11) is -3.48. The quantitative estimate of drug-likeness (QED) is 0.848. The molecular weight excluding hydrogens is 290 g/mol. The lowest BCUT2D eigenvalue weighted by Gasteiger charge is -2.22. The summed E-state index contributed by atoms with van der Waals surface area (Å²) in [5.74, 6) is -0.139. The van der Waals surface area contributed by atoms with E-state index in [9.17, 15) is 13.2 Å². The van der Waals surface area contributed by atoms with Gasteiger partial charge in [-0.2, -0.15) is 5.26 Å². The first-order valence-electron chi connectivity index (χ1n) is 6.67. The number of benzene rings is 1. The van der Waals surface area contributed by atoms with Gasteiger partial charge in [-0.05, 0) is 37.1 Å². The van der Waals surface area contributed by atoms with Crippen molar-refractivity contribution >= 4 is 21.6 Å². The van der Waals surface area contributed by atoms with Crippen molar-refractivity contribution in [3.8, 4) is 6.07 Å². The molecule has 1 N–H and O–H groups in total. The molecule has 0 atom stereocenters. The largest absolute Gasteiger partial charge is 0.353 e. The highest BCUT2D eigenvalue weighted by Crippen LogP contribution is 2.20. The van der Waals surface area contributed by atoms with Gasteiger partial charge >= 0.3 is 0 Å². The lowest BCUT2D eigenvalue weighted by molar-refractivity contribution is -0.121. The molecule has 0 unspecified atom stereocenters. The molecule has 2 rings (SSSR count). The Morgan fingerprint density at radius 2 is 2.00 bits per heavy atom. The maximum atomic E-state index is 11.9. The summed E-state index contributed by atoms with van der Waals surface area (Å²) in [5, 5.41) is 11.6. The second-order valence-corrected chi connectivity index (χ2v) is 6.99. The standard InChI is InChI=1S/C14H17N3O3S/c1-21(19,20)17(9-8-14(18)16-12-4-5-12)13-6-2-11(10-15)3-7-13/h2-3,6-7,12H,4-5,8-9H2,1H3,(H,16,18). The number of amides is 1. The van der Waals surface area contributed by atoms with Crippen LogP contribution in [0.4, 0.5) is 5.69 Å². The number of nitrogens with one attached hydrogen (secondary N) is 1. The van der Waals surface area contributed by atoms with Crippen molar-refractivity contribution in [2.24, 2.45) is 0 Å². The second-order valence-electron chi connectivity index (χ2n) is 5.09. The van der Waals surface area contributed by atoms with Crippen LogP contribution in [0.15, 0.2) is 24.3 Å². The molecule has 0 aromatic heterocycles. The second kappa shape index (κ2) is 6.14. The van der Waals surface area contributed by atoms with Gasteiger partial charge in [0.25, 0.3) is 0 Å². The molecule has 21 heavy (non-hydrogen) atoms. The number of nitrogens with zero attached hydrogens (tertiary/aromatic N) is 2. The molecule has 0 saturated heterocycles. The van der Waals surface area contributed by atoms with E-state index in [0.717, 1.165) is 19.1 Å². The summed E-state index contributed by atoms with van der Waals surface area (Å²) >= 11 is 0. The van der Waals surface area contributed by atoms with Crippen molar-refractivity contribution in [3.05, 3.63) is 29.8 Å². The zero-order valence-electron chi connectivity index (χ0n) is 11.7. The highest BCUT2D eigenvalue weighted by molar-refractivity contribution is 7.92. The van der Waals surface area contributed by atoms with Gasteiger partial charge < -0.3 is 5.32 Å². The van der Waals surface area contributed by atoms with E-state index in [0.29, 0.717) is 11.3 Å². The highest BCUT2D eigenvalue weighted by atomic mass is 32.2. The summed E-state index contributed by atoms with van der Waals surface area (Å²) in [6.07, 6.45) is 3.21. The van der Waals surface area contributed by atoms with E-state index in [-0.39, 0.29) is 24.9 Å². The maximum Gasteiger partial charge on any atom is 0.232 e. The van der Waals surface area contributed by atoms with Crippen LogP contribution < -0.4 is 9.62 Å². The van der Waals surface area contributed by atoms with E-state index >= 15 is 0 Å². The summed E-state index contributed by atoms with van der Waals surface area (Å²) in [4.78, 5) is 11.7. The smallest absolute Gasteiger partial charge is 0.232 e. The van der Waals surface area contributed by atoms with Gasteiger partial charge in [0.1, 0.15) is 0 Å². The minimum Gasteiger partial charge on any atom is -0.353 e. The lowest BCUT2D eigenvalue weighted by Crippen LogP contribution is -2.35. The number of anilines is 1. The molecule has 0 spiro atoms. The summed E-state index contributed by atoms with van der Waals surface area (Å²) < 4.78 is 24.9. The summed E-state index contributed by atoms with van der Waals surface area (Å²) in [6.45, 7) is 0.0866. The van der Waals surface area contributed by atoms with Gasteiger partial charge in [-0.15, -0.1) is 0 Å². The van der Waals surface area contributed by atoms with Crippen molar-refractivity contribution in [1.29, 1.82) is 5.26 Å². The van der Waals surface area contributed by atoms with Crippen LogP contribution in [0.3, 0.4) is 0 Å². The van der Waals surface area contributed by atoms with Gasteiger partial charge in [-0.1, -0.05) is 0 Å². The zero-order chi connectivity index (χ0) is 15.5. The van der Waals surface area contributed by atoms with Crippen LogP contribution in [0.1, 0.15) is 24.8 Å². The Morgan fingerprint density at radius 1 is 1.38 bits per heavy atom. The lowest BCUT2D eigenvalue weighted by atomic mass is 10.2. The number of carbonyl (C=O) groups is 1. The summed E-state index contributed by atoms with van der Waals surface area (Å²) in [6, 6.07) is 8.48. The molecule has 0 radical (unpaired) electrons. The van der Waals surface area contributed by atoms with Gasteiger partial charge in [0.2, 0.25) is 15.9 Å². The fourth-order valence-corrected chi connectivity index (χ4v) is 2.85. The molecule has 112 valence electrons. The molecule has 1 aliphatic carbocycles. The molecular formula is C14H17N3O3S. The molecule has 1 aromatic carbocycles. The number of nitriles is 1. The van der Waals surface area contributed by atoms with Crippen molar-refractivity contribution < 1.29 is 13.2 Å².